The number of amides is 2. The molecule has 9 heteroatoms. The van der Waals surface area contributed by atoms with E-state index in [1.165, 1.54) is 23.9 Å². The lowest BCUT2D eigenvalue weighted by Gasteiger charge is -2.12. The van der Waals surface area contributed by atoms with Crippen molar-refractivity contribution in [3.63, 3.8) is 0 Å². The van der Waals surface area contributed by atoms with Crippen LogP contribution in [0, 0.1) is 24.1 Å². The molecule has 2 amide bonds. The number of benzene rings is 3. The van der Waals surface area contributed by atoms with Crippen molar-refractivity contribution in [2.75, 3.05) is 5.32 Å². The summed E-state index contributed by atoms with van der Waals surface area (Å²) >= 11 is 1.47. The van der Waals surface area contributed by atoms with Crippen LogP contribution in [0.1, 0.15) is 22.5 Å². The molecule has 7 nitrogen and oxygen atoms in total. The number of nitrogens with zero attached hydrogens (tertiary/aromatic N) is 4. The minimum Gasteiger partial charge on any atom is -0.331 e. The van der Waals surface area contributed by atoms with Gasteiger partial charge in [0.15, 0.2) is 11.0 Å². The molecule has 0 aliphatic carbocycles. The summed E-state index contributed by atoms with van der Waals surface area (Å²) in [5.74, 6) is 0.877. The maximum atomic E-state index is 13.2. The van der Waals surface area contributed by atoms with Crippen LogP contribution >= 0.6 is 11.8 Å². The van der Waals surface area contributed by atoms with Crippen LogP contribution in [-0.2, 0) is 12.3 Å². The molecule has 4 rings (SSSR count). The SMILES string of the molecule is Cc1ccc(-n2c(CNC(=O)Nc3cccc(C#N)c3)nnc2SCc2ccc(F)cc2)cc1. The van der Waals surface area contributed by atoms with E-state index in [-0.39, 0.29) is 12.4 Å². The zero-order chi connectivity index (χ0) is 23.9. The maximum absolute atomic E-state index is 13.2. The van der Waals surface area contributed by atoms with Crippen LogP contribution in [0.2, 0.25) is 0 Å². The average Bonchev–Trinajstić information content (AvgIpc) is 3.26. The highest BCUT2D eigenvalue weighted by molar-refractivity contribution is 7.98. The van der Waals surface area contributed by atoms with Crippen molar-refractivity contribution in [2.24, 2.45) is 0 Å². The Kier molecular flexibility index (Phi) is 7.20. The van der Waals surface area contributed by atoms with Gasteiger partial charge in [0.1, 0.15) is 5.82 Å². The highest BCUT2D eigenvalue weighted by atomic mass is 32.2. The first-order chi connectivity index (χ1) is 16.5. The monoisotopic (exact) mass is 472 g/mol. The predicted molar refractivity (Wildman–Crippen MR) is 129 cm³/mol. The van der Waals surface area contributed by atoms with E-state index in [2.05, 4.69) is 20.8 Å². The zero-order valence-electron chi connectivity index (χ0n) is 18.3. The molecular formula is C25H21FN6OS. The number of nitrogens with one attached hydrogen (secondary N) is 2. The van der Waals surface area contributed by atoms with Gasteiger partial charge in [0.05, 0.1) is 18.2 Å². The molecule has 0 saturated carbocycles. The van der Waals surface area contributed by atoms with E-state index in [4.69, 9.17) is 5.26 Å². The van der Waals surface area contributed by atoms with Gasteiger partial charge < -0.3 is 10.6 Å². The second-order valence-corrected chi connectivity index (χ2v) is 8.43. The molecule has 0 fully saturated rings. The Hall–Kier alpha value is -4.16. The first kappa shape index (κ1) is 23.0. The average molecular weight is 473 g/mol. The summed E-state index contributed by atoms with van der Waals surface area (Å²) in [5.41, 5.74) is 3.93. The summed E-state index contributed by atoms with van der Waals surface area (Å²) in [4.78, 5) is 12.4. The summed E-state index contributed by atoms with van der Waals surface area (Å²) < 4.78 is 15.1. The standard InChI is InChI=1S/C25H21FN6OS/c1-17-5-11-22(12-6-17)32-23(15-28-24(33)29-21-4-2-3-19(13-21)14-27)30-31-25(32)34-16-18-7-9-20(26)10-8-18/h2-13H,15-16H2,1H3,(H2,28,29,33). The Morgan fingerprint density at radius 2 is 1.85 bits per heavy atom. The topological polar surface area (TPSA) is 95.6 Å². The van der Waals surface area contributed by atoms with E-state index < -0.39 is 6.03 Å². The van der Waals surface area contributed by atoms with Crippen LogP contribution in [0.5, 0.6) is 0 Å². The van der Waals surface area contributed by atoms with E-state index in [1.807, 2.05) is 41.8 Å². The molecule has 0 atom stereocenters. The predicted octanol–water partition coefficient (Wildman–Crippen LogP) is 5.20. The third kappa shape index (κ3) is 5.79. The van der Waals surface area contributed by atoms with E-state index in [1.54, 1.807) is 36.4 Å². The van der Waals surface area contributed by atoms with Crippen molar-refractivity contribution in [3.8, 4) is 11.8 Å². The van der Waals surface area contributed by atoms with Gasteiger partial charge in [-0.3, -0.25) is 4.57 Å². The van der Waals surface area contributed by atoms with Gasteiger partial charge in [-0.05, 0) is 55.0 Å². The van der Waals surface area contributed by atoms with Gasteiger partial charge in [-0.25, -0.2) is 9.18 Å². The molecule has 3 aromatic carbocycles. The van der Waals surface area contributed by atoms with Crippen LogP contribution < -0.4 is 10.6 Å². The van der Waals surface area contributed by atoms with Crippen LogP contribution in [-0.4, -0.2) is 20.8 Å². The fraction of sp³-hybridized carbons (Fsp3) is 0.120. The van der Waals surface area contributed by atoms with Crippen LogP contribution in [0.15, 0.2) is 78.0 Å². The van der Waals surface area contributed by atoms with Crippen molar-refractivity contribution in [2.45, 2.75) is 24.4 Å². The Balaban J connectivity index is 1.50. The molecule has 0 aliphatic heterocycles. The van der Waals surface area contributed by atoms with E-state index >= 15 is 0 Å². The molecule has 170 valence electrons. The third-order valence-corrected chi connectivity index (χ3v) is 5.93. The lowest BCUT2D eigenvalue weighted by Crippen LogP contribution is -2.29. The van der Waals surface area contributed by atoms with Crippen molar-refractivity contribution in [1.29, 1.82) is 5.26 Å². The Morgan fingerprint density at radius 3 is 2.59 bits per heavy atom. The molecular weight excluding hydrogens is 451 g/mol. The number of thioether (sulfide) groups is 1. The number of halogens is 1. The molecule has 1 aromatic heterocycles. The van der Waals surface area contributed by atoms with Crippen molar-refractivity contribution < 1.29 is 9.18 Å². The lowest BCUT2D eigenvalue weighted by atomic mass is 10.2. The number of rotatable bonds is 7. The quantitative estimate of drug-likeness (QED) is 0.361. The van der Waals surface area contributed by atoms with Gasteiger partial charge >= 0.3 is 6.03 Å². The second kappa shape index (κ2) is 10.6. The zero-order valence-corrected chi connectivity index (χ0v) is 19.1. The fourth-order valence-electron chi connectivity index (χ4n) is 3.19. The number of hydrogen-bond acceptors (Lipinski definition) is 5. The molecule has 0 bridgehead atoms. The van der Waals surface area contributed by atoms with Crippen LogP contribution in [0.4, 0.5) is 14.9 Å². The number of hydrogen-bond donors (Lipinski definition) is 2. The molecule has 34 heavy (non-hydrogen) atoms. The largest absolute Gasteiger partial charge is 0.331 e. The minimum absolute atomic E-state index is 0.141. The molecule has 0 radical (unpaired) electrons. The molecule has 0 aliphatic rings. The molecule has 0 unspecified atom stereocenters. The van der Waals surface area contributed by atoms with E-state index in [9.17, 15) is 9.18 Å². The summed E-state index contributed by atoms with van der Waals surface area (Å²) in [5, 5.41) is 23.8. The van der Waals surface area contributed by atoms with Gasteiger partial charge in [0, 0.05) is 17.1 Å². The lowest BCUT2D eigenvalue weighted by molar-refractivity contribution is 0.251. The highest BCUT2D eigenvalue weighted by Gasteiger charge is 2.16. The minimum atomic E-state index is -0.422. The normalized spacial score (nSPS) is 10.5. The van der Waals surface area contributed by atoms with Gasteiger partial charge in [-0.1, -0.05) is 47.7 Å². The number of urea groups is 1. The Morgan fingerprint density at radius 1 is 1.09 bits per heavy atom. The Labute approximate surface area is 200 Å². The van der Waals surface area contributed by atoms with Gasteiger partial charge in [0.2, 0.25) is 0 Å². The van der Waals surface area contributed by atoms with Gasteiger partial charge in [-0.2, -0.15) is 5.26 Å². The van der Waals surface area contributed by atoms with Crippen molar-refractivity contribution in [3.05, 3.63) is 101 Å². The first-order valence-electron chi connectivity index (χ1n) is 10.5. The number of carbonyl (C=O) groups excluding carboxylic acids is 1. The number of aryl methyl sites for hydroxylation is 1. The number of carbonyl (C=O) groups is 1. The molecule has 4 aromatic rings. The first-order valence-corrected chi connectivity index (χ1v) is 11.4. The molecule has 0 saturated heterocycles. The summed E-state index contributed by atoms with van der Waals surface area (Å²) in [7, 11) is 0. The smallest absolute Gasteiger partial charge is 0.319 e. The summed E-state index contributed by atoms with van der Waals surface area (Å²) in [6.45, 7) is 2.15. The van der Waals surface area contributed by atoms with Crippen molar-refractivity contribution in [1.82, 2.24) is 20.1 Å². The summed E-state index contributed by atoms with van der Waals surface area (Å²) in [6, 6.07) is 22.6. The fourth-order valence-corrected chi connectivity index (χ4v) is 4.12. The van der Waals surface area contributed by atoms with Crippen LogP contribution in [0.3, 0.4) is 0 Å². The number of anilines is 1. The summed E-state index contributed by atoms with van der Waals surface area (Å²) in [6.07, 6.45) is 0. The van der Waals surface area contributed by atoms with Crippen LogP contribution in [0.25, 0.3) is 5.69 Å². The Bertz CT molecular complexity index is 1330. The number of nitriles is 1. The van der Waals surface area contributed by atoms with Crippen molar-refractivity contribution >= 4 is 23.5 Å². The molecule has 1 heterocycles. The number of aromatic nitrogens is 3. The molecule has 2 N–H and O–H groups in total. The molecule has 0 spiro atoms. The third-order valence-electron chi connectivity index (χ3n) is 4.93. The maximum Gasteiger partial charge on any atom is 0.319 e. The van der Waals surface area contributed by atoms with E-state index in [0.29, 0.717) is 28.0 Å². The second-order valence-electron chi connectivity index (χ2n) is 7.49. The van der Waals surface area contributed by atoms with Gasteiger partial charge in [-0.15, -0.1) is 10.2 Å². The highest BCUT2D eigenvalue weighted by Crippen LogP contribution is 2.25. The van der Waals surface area contributed by atoms with Gasteiger partial charge in [0.25, 0.3) is 0 Å². The van der Waals surface area contributed by atoms with E-state index in [0.717, 1.165) is 16.8 Å².